The van der Waals surface area contributed by atoms with Crippen molar-refractivity contribution in [1.82, 2.24) is 5.32 Å². The summed E-state index contributed by atoms with van der Waals surface area (Å²) in [5.41, 5.74) is -1.38. The number of hydrogen-bond acceptors (Lipinski definition) is 6. The van der Waals surface area contributed by atoms with Gasteiger partial charge >= 0.3 is 39.2 Å². The highest BCUT2D eigenvalue weighted by Crippen LogP contribution is 2.37. The van der Waals surface area contributed by atoms with E-state index in [2.05, 4.69) is 16.1 Å². The number of alkyl halides is 5. The lowest BCUT2D eigenvalue weighted by atomic mass is 10.1. The Kier molecular flexibility index (Phi) is 7.69. The lowest BCUT2D eigenvalue weighted by molar-refractivity contribution is -0.348. The molecule has 1 unspecified atom stereocenters. The molecule has 2 N–H and O–H groups in total. The molecule has 15 heteroatoms. The molecule has 0 aliphatic heterocycles. The number of carbonyl (C=O) groups excluding carboxylic acids is 2. The largest absolute Gasteiger partial charge is 0.466 e. The average molecular weight is 445 g/mol. The number of ether oxygens (including phenoxy) is 2. The number of amides is 1. The Bertz CT molecular complexity index is 729. The van der Waals surface area contributed by atoms with Crippen molar-refractivity contribution in [3.8, 4) is 0 Å². The van der Waals surface area contributed by atoms with Gasteiger partial charge in [0.25, 0.3) is 0 Å². The zero-order valence-corrected chi connectivity index (χ0v) is 15.5. The highest BCUT2D eigenvalue weighted by atomic mass is 32.2. The minimum atomic E-state index is -6.02. The van der Waals surface area contributed by atoms with E-state index in [-0.39, 0.29) is 0 Å². The summed E-state index contributed by atoms with van der Waals surface area (Å²) in [6, 6.07) is 0. The van der Waals surface area contributed by atoms with Crippen LogP contribution in [0.1, 0.15) is 27.2 Å². The van der Waals surface area contributed by atoms with Gasteiger partial charge in [-0.25, -0.2) is 4.79 Å². The highest BCUT2D eigenvalue weighted by molar-refractivity contribution is 7.86. The van der Waals surface area contributed by atoms with E-state index in [9.17, 15) is 44.3 Å². The molecule has 0 saturated carbocycles. The lowest BCUT2D eigenvalue weighted by Crippen LogP contribution is -2.64. The van der Waals surface area contributed by atoms with E-state index in [0.717, 1.165) is 0 Å². The van der Waals surface area contributed by atoms with Crippen molar-refractivity contribution >= 4 is 22.0 Å². The first-order valence-electron chi connectivity index (χ1n) is 7.12. The van der Waals surface area contributed by atoms with Crippen LogP contribution >= 0.6 is 0 Å². The summed E-state index contributed by atoms with van der Waals surface area (Å²) in [6.45, 7) is 4.14. The number of carbonyl (C=O) groups is 2. The molecule has 0 radical (unpaired) electrons. The number of nitrogens with one attached hydrogen (secondary N) is 1. The van der Waals surface area contributed by atoms with E-state index in [0.29, 0.717) is 0 Å². The van der Waals surface area contributed by atoms with Gasteiger partial charge in [0.05, 0.1) is 13.0 Å². The van der Waals surface area contributed by atoms with E-state index >= 15 is 0 Å². The quantitative estimate of drug-likeness (QED) is 0.193. The van der Waals surface area contributed by atoms with Crippen molar-refractivity contribution in [2.75, 3.05) is 6.61 Å². The average Bonchev–Trinajstić information content (AvgIpc) is 2.40. The maximum atomic E-state index is 13.5. The van der Waals surface area contributed by atoms with Crippen LogP contribution < -0.4 is 5.32 Å². The predicted molar refractivity (Wildman–Crippen MR) is 80.1 cm³/mol. The Labute approximate surface area is 155 Å². The molecule has 164 valence electrons. The van der Waals surface area contributed by atoms with Crippen LogP contribution in [0.25, 0.3) is 0 Å². The molecular formula is C13H17F6NO7S. The second-order valence-corrected chi connectivity index (χ2v) is 7.87. The molecule has 0 aromatic carbocycles. The zero-order valence-electron chi connectivity index (χ0n) is 14.7. The molecule has 1 atom stereocenters. The number of hydrogen-bond donors (Lipinski definition) is 2. The molecule has 28 heavy (non-hydrogen) atoms. The SMILES string of the molecule is C=C(F)C(=O)OC(OCCC(F)(F)S(=O)(=O)O)(C(=O)NC(C)(C)C)C(F)(F)F. The monoisotopic (exact) mass is 445 g/mol. The van der Waals surface area contributed by atoms with Gasteiger partial charge in [0.1, 0.15) is 0 Å². The maximum absolute atomic E-state index is 13.5. The molecule has 0 heterocycles. The summed E-state index contributed by atoms with van der Waals surface area (Å²) in [7, 11) is -6.02. The summed E-state index contributed by atoms with van der Waals surface area (Å²) in [4.78, 5) is 23.4. The Balaban J connectivity index is 6.02. The standard InChI is InChI=1S/C13H17F6NO7S/c1-7(14)8(21)27-12(13(17,18)19,9(22)20-10(2,3)4)26-6-5-11(15,16)28(23,24)25/h1,5-6H2,2-4H3,(H,20,22)(H,23,24,25). The van der Waals surface area contributed by atoms with Gasteiger partial charge in [-0.1, -0.05) is 6.58 Å². The summed E-state index contributed by atoms with van der Waals surface area (Å²) in [5, 5.41) is -3.23. The predicted octanol–water partition coefficient (Wildman–Crippen LogP) is 2.07. The molecule has 0 bridgehead atoms. The number of halogens is 6. The summed E-state index contributed by atoms with van der Waals surface area (Å²) >= 11 is 0. The normalized spacial score (nSPS) is 15.5. The van der Waals surface area contributed by atoms with Gasteiger partial charge in [0.15, 0.2) is 0 Å². The first kappa shape index (κ1) is 26.1. The van der Waals surface area contributed by atoms with Gasteiger partial charge in [0, 0.05) is 5.54 Å². The topological polar surface area (TPSA) is 119 Å². The Morgan fingerprint density at radius 2 is 1.57 bits per heavy atom. The Morgan fingerprint density at radius 3 is 1.89 bits per heavy atom. The molecule has 0 saturated heterocycles. The molecule has 1 amide bonds. The van der Waals surface area contributed by atoms with Crippen LogP contribution in [0.5, 0.6) is 0 Å². The highest BCUT2D eigenvalue weighted by Gasteiger charge is 2.67. The lowest BCUT2D eigenvalue weighted by Gasteiger charge is -2.35. The van der Waals surface area contributed by atoms with Crippen LogP contribution in [0.4, 0.5) is 26.3 Å². The first-order valence-corrected chi connectivity index (χ1v) is 8.56. The van der Waals surface area contributed by atoms with Gasteiger partial charge < -0.3 is 14.8 Å². The Hall–Kier alpha value is -1.87. The maximum Gasteiger partial charge on any atom is 0.466 e. The van der Waals surface area contributed by atoms with Crippen molar-refractivity contribution < 1.29 is 58.4 Å². The molecule has 0 aliphatic carbocycles. The van der Waals surface area contributed by atoms with Gasteiger partial charge in [-0.2, -0.15) is 34.8 Å². The summed E-state index contributed by atoms with van der Waals surface area (Å²) in [6.07, 6.45) is -7.97. The van der Waals surface area contributed by atoms with Gasteiger partial charge in [-0.3, -0.25) is 9.35 Å². The molecule has 0 aromatic heterocycles. The second kappa shape index (κ2) is 8.24. The van der Waals surface area contributed by atoms with Gasteiger partial charge in [0.2, 0.25) is 5.83 Å². The van der Waals surface area contributed by atoms with Crippen LogP contribution in [0.2, 0.25) is 0 Å². The van der Waals surface area contributed by atoms with Crippen LogP contribution in [-0.4, -0.2) is 54.2 Å². The van der Waals surface area contributed by atoms with Crippen molar-refractivity contribution in [3.63, 3.8) is 0 Å². The van der Waals surface area contributed by atoms with Crippen LogP contribution in [0.3, 0.4) is 0 Å². The molecule has 0 aliphatic rings. The van der Waals surface area contributed by atoms with E-state index in [1.54, 1.807) is 5.32 Å². The van der Waals surface area contributed by atoms with Crippen LogP contribution in [0.15, 0.2) is 12.4 Å². The third kappa shape index (κ3) is 6.63. The zero-order chi connectivity index (χ0) is 22.8. The fraction of sp³-hybridized carbons (Fsp3) is 0.692. The van der Waals surface area contributed by atoms with Crippen molar-refractivity contribution in [1.29, 1.82) is 0 Å². The van der Waals surface area contributed by atoms with Gasteiger partial charge in [-0.15, -0.1) is 0 Å². The van der Waals surface area contributed by atoms with Gasteiger partial charge in [-0.05, 0) is 20.8 Å². The first-order chi connectivity index (χ1) is 12.2. The fourth-order valence-corrected chi connectivity index (χ4v) is 1.80. The summed E-state index contributed by atoms with van der Waals surface area (Å²) < 4.78 is 117. The van der Waals surface area contributed by atoms with Crippen LogP contribution in [-0.2, 0) is 29.2 Å². The van der Waals surface area contributed by atoms with E-state index < -0.39 is 63.6 Å². The van der Waals surface area contributed by atoms with E-state index in [1.807, 2.05) is 0 Å². The third-order valence-electron chi connectivity index (χ3n) is 2.69. The minimum Gasteiger partial charge on any atom is -0.410 e. The van der Waals surface area contributed by atoms with E-state index in [4.69, 9.17) is 4.55 Å². The molecule has 0 fully saturated rings. The fourth-order valence-electron chi connectivity index (χ4n) is 1.46. The minimum absolute atomic E-state index is 1.20. The number of esters is 1. The molecular weight excluding hydrogens is 428 g/mol. The molecule has 0 rings (SSSR count). The molecule has 0 aromatic rings. The smallest absolute Gasteiger partial charge is 0.410 e. The second-order valence-electron chi connectivity index (χ2n) is 6.32. The molecule has 0 spiro atoms. The van der Waals surface area contributed by atoms with Crippen molar-refractivity contribution in [2.45, 2.75) is 49.9 Å². The summed E-state index contributed by atoms with van der Waals surface area (Å²) in [5.74, 6) is -11.3. The van der Waals surface area contributed by atoms with Crippen LogP contribution in [0, 0.1) is 0 Å². The van der Waals surface area contributed by atoms with E-state index in [1.165, 1.54) is 20.8 Å². The van der Waals surface area contributed by atoms with Crippen molar-refractivity contribution in [2.24, 2.45) is 0 Å². The van der Waals surface area contributed by atoms with Crippen molar-refractivity contribution in [3.05, 3.63) is 12.4 Å². The third-order valence-corrected chi connectivity index (χ3v) is 3.65. The number of rotatable bonds is 8. The molecule has 8 nitrogen and oxygen atoms in total. The Morgan fingerprint density at radius 1 is 1.11 bits per heavy atom.